The van der Waals surface area contributed by atoms with Gasteiger partial charge in [0.25, 0.3) is 0 Å². The second-order valence-electron chi connectivity index (χ2n) is 6.14. The first-order chi connectivity index (χ1) is 9.40. The summed E-state index contributed by atoms with van der Waals surface area (Å²) >= 11 is 0. The fraction of sp³-hybridized carbons (Fsp3) is 0.800. The van der Waals surface area contributed by atoms with E-state index >= 15 is 0 Å². The van der Waals surface area contributed by atoms with Crippen LogP contribution in [-0.2, 0) is 4.74 Å². The summed E-state index contributed by atoms with van der Waals surface area (Å²) < 4.78 is 5.17. The monoisotopic (exact) mass is 281 g/mol. The normalized spacial score (nSPS) is 17.5. The van der Waals surface area contributed by atoms with Crippen LogP contribution in [-0.4, -0.2) is 55.4 Å². The molecule has 5 nitrogen and oxygen atoms in total. The van der Waals surface area contributed by atoms with E-state index in [2.05, 4.69) is 21.5 Å². The minimum atomic E-state index is -0.443. The number of piperidine rings is 1. The molecular weight excluding hydrogens is 254 g/mol. The molecule has 0 atom stereocenters. The molecule has 20 heavy (non-hydrogen) atoms. The molecule has 1 rings (SSSR count). The Balaban J connectivity index is 2.05. The Bertz CT molecular complexity index is 336. The lowest BCUT2D eigenvalue weighted by atomic mass is 10.1. The van der Waals surface area contributed by atoms with Gasteiger partial charge in [-0.05, 0) is 33.6 Å². The summed E-state index contributed by atoms with van der Waals surface area (Å²) in [6.45, 7) is 9.74. The summed E-state index contributed by atoms with van der Waals surface area (Å²) in [5.74, 6) is 2.68. The molecule has 0 aromatic carbocycles. The summed E-state index contributed by atoms with van der Waals surface area (Å²) in [6, 6.07) is 0.518. The number of carbonyl (C=O) groups is 1. The quantitative estimate of drug-likeness (QED) is 0.587. The highest BCUT2D eigenvalue weighted by Gasteiger charge is 2.18. The Hall–Kier alpha value is -1.25. The van der Waals surface area contributed by atoms with Gasteiger partial charge < -0.3 is 15.4 Å². The van der Waals surface area contributed by atoms with E-state index in [0.717, 1.165) is 39.0 Å². The number of hydrogen-bond donors (Lipinski definition) is 2. The van der Waals surface area contributed by atoms with E-state index < -0.39 is 5.60 Å². The maximum Gasteiger partial charge on any atom is 0.407 e. The lowest BCUT2D eigenvalue weighted by Crippen LogP contribution is -2.45. The molecule has 5 heteroatoms. The predicted octanol–water partition coefficient (Wildman–Crippen LogP) is 1.20. The molecule has 1 fully saturated rings. The molecule has 1 aliphatic rings. The molecule has 0 unspecified atom stereocenters. The number of rotatable bonds is 5. The first-order valence-electron chi connectivity index (χ1n) is 7.27. The Morgan fingerprint density at radius 2 is 2.00 bits per heavy atom. The average Bonchev–Trinajstić information content (AvgIpc) is 2.35. The third-order valence-corrected chi connectivity index (χ3v) is 3.13. The van der Waals surface area contributed by atoms with E-state index in [4.69, 9.17) is 11.2 Å². The number of alkyl carbamates (subject to hydrolysis) is 1. The molecule has 2 N–H and O–H groups in total. The topological polar surface area (TPSA) is 53.6 Å². The lowest BCUT2D eigenvalue weighted by Gasteiger charge is -2.31. The smallest absolute Gasteiger partial charge is 0.407 e. The van der Waals surface area contributed by atoms with Crippen molar-refractivity contribution in [2.45, 2.75) is 45.3 Å². The molecule has 0 saturated carbocycles. The van der Waals surface area contributed by atoms with Crippen molar-refractivity contribution < 1.29 is 9.53 Å². The van der Waals surface area contributed by atoms with Crippen molar-refractivity contribution in [1.82, 2.24) is 15.5 Å². The zero-order valence-electron chi connectivity index (χ0n) is 12.9. The molecular formula is C15H27N3O2. The summed E-state index contributed by atoms with van der Waals surface area (Å²) in [4.78, 5) is 13.7. The largest absolute Gasteiger partial charge is 0.444 e. The van der Waals surface area contributed by atoms with Crippen molar-refractivity contribution in [3.63, 3.8) is 0 Å². The minimum Gasteiger partial charge on any atom is -0.444 e. The third kappa shape index (κ3) is 7.37. The van der Waals surface area contributed by atoms with Crippen molar-refractivity contribution in [3.05, 3.63) is 0 Å². The summed E-state index contributed by atoms with van der Waals surface area (Å²) in [7, 11) is 0. The molecule has 0 spiro atoms. The van der Waals surface area contributed by atoms with Crippen LogP contribution in [0.25, 0.3) is 0 Å². The number of hydrogen-bond acceptors (Lipinski definition) is 4. The van der Waals surface area contributed by atoms with Crippen LogP contribution in [0, 0.1) is 12.3 Å². The zero-order valence-corrected chi connectivity index (χ0v) is 12.9. The number of ether oxygens (including phenoxy) is 1. The van der Waals surface area contributed by atoms with Gasteiger partial charge in [-0.15, -0.1) is 6.42 Å². The molecule has 1 saturated heterocycles. The van der Waals surface area contributed by atoms with Crippen LogP contribution >= 0.6 is 0 Å². The molecule has 0 aromatic rings. The number of likely N-dealkylation sites (tertiary alicyclic amines) is 1. The zero-order chi connectivity index (χ0) is 15.0. The van der Waals surface area contributed by atoms with E-state index in [-0.39, 0.29) is 6.09 Å². The van der Waals surface area contributed by atoms with Crippen LogP contribution in [0.2, 0.25) is 0 Å². The van der Waals surface area contributed by atoms with Gasteiger partial charge >= 0.3 is 6.09 Å². The van der Waals surface area contributed by atoms with E-state index in [1.807, 2.05) is 20.8 Å². The molecule has 0 aromatic heterocycles. The minimum absolute atomic E-state index is 0.358. The van der Waals surface area contributed by atoms with Gasteiger partial charge in [0, 0.05) is 32.2 Å². The van der Waals surface area contributed by atoms with Gasteiger partial charge in [-0.25, -0.2) is 4.79 Å². The van der Waals surface area contributed by atoms with E-state index in [0.29, 0.717) is 12.6 Å². The molecule has 1 aliphatic heterocycles. The Labute approximate surface area is 122 Å². The molecule has 1 heterocycles. The first-order valence-corrected chi connectivity index (χ1v) is 7.27. The van der Waals surface area contributed by atoms with Crippen LogP contribution in [0.3, 0.4) is 0 Å². The standard InChI is InChI=1S/C15H27N3O2/c1-5-10-18-11-6-13(7-12-18)16-8-9-17-14(19)20-15(2,3)4/h1,13,16H,6-12H2,2-4H3,(H,17,19). The van der Waals surface area contributed by atoms with Crippen LogP contribution < -0.4 is 10.6 Å². The fourth-order valence-corrected chi connectivity index (χ4v) is 2.18. The number of terminal acetylenes is 1. The molecule has 0 bridgehead atoms. The predicted molar refractivity (Wildman–Crippen MR) is 80.5 cm³/mol. The van der Waals surface area contributed by atoms with Gasteiger partial charge in [0.05, 0.1) is 6.54 Å². The Kier molecular flexibility index (Phi) is 6.83. The molecule has 0 radical (unpaired) electrons. The highest BCUT2D eigenvalue weighted by Crippen LogP contribution is 2.09. The van der Waals surface area contributed by atoms with Gasteiger partial charge in [-0.2, -0.15) is 0 Å². The lowest BCUT2D eigenvalue weighted by molar-refractivity contribution is 0.0527. The van der Waals surface area contributed by atoms with E-state index in [1.54, 1.807) is 0 Å². The van der Waals surface area contributed by atoms with Crippen molar-refractivity contribution in [1.29, 1.82) is 0 Å². The van der Waals surface area contributed by atoms with Crippen molar-refractivity contribution >= 4 is 6.09 Å². The van der Waals surface area contributed by atoms with E-state index in [1.165, 1.54) is 0 Å². The average molecular weight is 281 g/mol. The Morgan fingerprint density at radius 3 is 2.55 bits per heavy atom. The number of amides is 1. The summed E-state index contributed by atoms with van der Waals surface area (Å²) in [6.07, 6.45) is 7.16. The molecule has 1 amide bonds. The van der Waals surface area contributed by atoms with Crippen LogP contribution in [0.1, 0.15) is 33.6 Å². The van der Waals surface area contributed by atoms with Gasteiger partial charge in [-0.3, -0.25) is 4.90 Å². The van der Waals surface area contributed by atoms with Gasteiger partial charge in [0.15, 0.2) is 0 Å². The Morgan fingerprint density at radius 1 is 1.35 bits per heavy atom. The second-order valence-corrected chi connectivity index (χ2v) is 6.14. The fourth-order valence-electron chi connectivity index (χ4n) is 2.18. The number of nitrogens with zero attached hydrogens (tertiary/aromatic N) is 1. The van der Waals surface area contributed by atoms with Crippen molar-refractivity contribution in [2.75, 3.05) is 32.7 Å². The maximum atomic E-state index is 11.4. The van der Waals surface area contributed by atoms with Gasteiger partial charge in [0.2, 0.25) is 0 Å². The van der Waals surface area contributed by atoms with Crippen molar-refractivity contribution in [3.8, 4) is 12.3 Å². The summed E-state index contributed by atoms with van der Waals surface area (Å²) in [5, 5.41) is 6.20. The summed E-state index contributed by atoms with van der Waals surface area (Å²) in [5.41, 5.74) is -0.443. The van der Waals surface area contributed by atoms with Crippen molar-refractivity contribution in [2.24, 2.45) is 0 Å². The number of nitrogens with one attached hydrogen (secondary N) is 2. The highest BCUT2D eigenvalue weighted by molar-refractivity contribution is 5.67. The van der Waals surface area contributed by atoms with Gasteiger partial charge in [0.1, 0.15) is 5.60 Å². The van der Waals surface area contributed by atoms with Gasteiger partial charge in [-0.1, -0.05) is 5.92 Å². The van der Waals surface area contributed by atoms with E-state index in [9.17, 15) is 4.79 Å². The third-order valence-electron chi connectivity index (χ3n) is 3.13. The van der Waals surface area contributed by atoms with Crippen LogP contribution in [0.15, 0.2) is 0 Å². The first kappa shape index (κ1) is 16.8. The second kappa shape index (κ2) is 8.13. The highest BCUT2D eigenvalue weighted by atomic mass is 16.6. The SMILES string of the molecule is C#CCN1CCC(NCCNC(=O)OC(C)(C)C)CC1. The molecule has 0 aliphatic carbocycles. The molecule has 114 valence electrons. The van der Waals surface area contributed by atoms with Crippen LogP contribution in [0.5, 0.6) is 0 Å². The van der Waals surface area contributed by atoms with Crippen LogP contribution in [0.4, 0.5) is 4.79 Å². The maximum absolute atomic E-state index is 11.4. The number of carbonyl (C=O) groups excluding carboxylic acids is 1.